The van der Waals surface area contributed by atoms with Gasteiger partial charge in [-0.2, -0.15) is 0 Å². The van der Waals surface area contributed by atoms with Crippen LogP contribution in [0.25, 0.3) is 44.1 Å². The van der Waals surface area contributed by atoms with E-state index >= 15 is 0 Å². The molecule has 0 unspecified atom stereocenters. The number of imidazole rings is 1. The molecule has 6 nitrogen and oxygen atoms in total. The Morgan fingerprint density at radius 1 is 0.491 bits per heavy atom. The van der Waals surface area contributed by atoms with Crippen LogP contribution in [0.3, 0.4) is 0 Å². The maximum absolute atomic E-state index is 4.90. The monoisotopic (exact) mass is 797 g/mol. The summed E-state index contributed by atoms with van der Waals surface area (Å²) in [5.74, 6) is 3.37. The van der Waals surface area contributed by atoms with Gasteiger partial charge in [-0.3, -0.25) is 4.98 Å². The maximum atomic E-state index is 4.90. The first-order valence-electron chi connectivity index (χ1n) is 19.9. The Balaban J connectivity index is 0.000000181. The van der Waals surface area contributed by atoms with Crippen molar-refractivity contribution in [3.63, 3.8) is 0 Å². The second-order valence-electron chi connectivity index (χ2n) is 15.9. The molecule has 1 aliphatic rings. The Bertz CT molecular complexity index is 2450. The molecule has 8 aromatic rings. The Labute approximate surface area is 347 Å². The van der Waals surface area contributed by atoms with E-state index in [9.17, 15) is 0 Å². The van der Waals surface area contributed by atoms with Crippen LogP contribution in [0.4, 0.5) is 22.9 Å². The third kappa shape index (κ3) is 7.31. The van der Waals surface area contributed by atoms with E-state index in [1.54, 1.807) is 6.20 Å². The molecule has 0 N–H and O–H groups in total. The van der Waals surface area contributed by atoms with Crippen molar-refractivity contribution in [2.75, 3.05) is 9.80 Å². The van der Waals surface area contributed by atoms with Crippen molar-refractivity contribution in [2.45, 2.75) is 79.1 Å². The average Bonchev–Trinajstić information content (AvgIpc) is 3.84. The molecule has 291 valence electrons. The van der Waals surface area contributed by atoms with Crippen molar-refractivity contribution in [3.8, 4) is 11.5 Å². The summed E-state index contributed by atoms with van der Waals surface area (Å²) in [6, 6.07) is 40.3. The molecule has 0 saturated heterocycles. The quantitative estimate of drug-likeness (QED) is 0.0909. The molecule has 0 amide bonds. The first-order chi connectivity index (χ1) is 27.1. The third-order valence-electron chi connectivity index (χ3n) is 10.9. The largest absolute Gasteiger partial charge is 2.00 e. The first kappa shape index (κ1) is 39.7. The van der Waals surface area contributed by atoms with Crippen LogP contribution in [0.5, 0.6) is 0 Å². The second kappa shape index (κ2) is 16.5. The zero-order valence-electron chi connectivity index (χ0n) is 34.0. The van der Waals surface area contributed by atoms with Gasteiger partial charge >= 0.3 is 17.1 Å². The number of benzene rings is 5. The summed E-state index contributed by atoms with van der Waals surface area (Å²) in [6.45, 7) is 20.5. The van der Waals surface area contributed by atoms with E-state index in [0.717, 1.165) is 39.0 Å². The minimum Gasteiger partial charge on any atom is -0.471 e. The normalized spacial score (nSPS) is 12.6. The van der Waals surface area contributed by atoms with Crippen LogP contribution >= 0.6 is 0 Å². The fraction of sp³-hybridized carbons (Fsp3) is 0.240. The molecule has 0 fully saturated rings. The molecule has 7 heteroatoms. The number of pyridine rings is 2. The molecule has 9 rings (SSSR count). The Hall–Kier alpha value is -5.49. The number of hydrogen-bond donors (Lipinski definition) is 0. The van der Waals surface area contributed by atoms with E-state index in [0.29, 0.717) is 29.5 Å². The Kier molecular flexibility index (Phi) is 11.5. The summed E-state index contributed by atoms with van der Waals surface area (Å²) >= 11 is 0. The van der Waals surface area contributed by atoms with E-state index in [1.807, 2.05) is 42.6 Å². The molecule has 4 heterocycles. The van der Waals surface area contributed by atoms with Gasteiger partial charge in [0, 0.05) is 23.8 Å². The minimum absolute atomic E-state index is 0. The van der Waals surface area contributed by atoms with Crippen molar-refractivity contribution in [1.29, 1.82) is 0 Å². The van der Waals surface area contributed by atoms with Gasteiger partial charge in [-0.05, 0) is 109 Å². The number of rotatable bonds is 7. The summed E-state index contributed by atoms with van der Waals surface area (Å²) in [7, 11) is 0. The molecule has 0 saturated carbocycles. The van der Waals surface area contributed by atoms with Gasteiger partial charge in [0.25, 0.3) is 0 Å². The molecule has 0 atom stereocenters. The SMILES string of the molecule is CC(C)c1cccc(C(C)C)c1N1[CH-]N(c2c(C(C)C)cccc2C(C)C)c2ncccc21.[Cu+2].c1ccc(-c2nc3c4ccccc4c4ccccc4c3[n-]2)nc1. The van der Waals surface area contributed by atoms with Gasteiger partial charge in [0.15, 0.2) is 0 Å². The van der Waals surface area contributed by atoms with Crippen LogP contribution < -0.4 is 14.8 Å². The van der Waals surface area contributed by atoms with E-state index in [4.69, 9.17) is 15.0 Å². The van der Waals surface area contributed by atoms with Gasteiger partial charge in [-0.15, -0.1) is 6.67 Å². The number of nitrogens with zero attached hydrogens (tertiary/aromatic N) is 6. The summed E-state index contributed by atoms with van der Waals surface area (Å²) in [6.07, 6.45) is 3.68. The van der Waals surface area contributed by atoms with Crippen LogP contribution in [0.2, 0.25) is 0 Å². The predicted octanol–water partition coefficient (Wildman–Crippen LogP) is 13.5. The van der Waals surface area contributed by atoms with Gasteiger partial charge in [-0.25, -0.2) is 4.98 Å². The number of hydrogen-bond acceptors (Lipinski definition) is 5. The van der Waals surface area contributed by atoms with Crippen molar-refractivity contribution in [2.24, 2.45) is 0 Å². The second-order valence-corrected chi connectivity index (χ2v) is 15.9. The molecular formula is C50H50CuN6. The minimum atomic E-state index is 0. The first-order valence-corrected chi connectivity index (χ1v) is 19.9. The van der Waals surface area contributed by atoms with Crippen LogP contribution in [-0.4, -0.2) is 15.0 Å². The fourth-order valence-corrected chi connectivity index (χ4v) is 8.09. The average molecular weight is 799 g/mol. The standard InChI is InChI=1S/C30H38N3.C20H12N3.Cu/c1-19(2)23-12-9-13-24(20(3)4)28(23)32-18-33(30-27(32)16-11-17-31-30)29-25(21(5)6)14-10-15-26(29)22(7)8;1-3-9-15-13(7-1)14-8-2-4-10-16(14)19-18(15)22-20(23-19)17-11-5-6-12-21-17;/h9-22H,1-8H3;1-12H;/q2*-1;+2. The zero-order valence-corrected chi connectivity index (χ0v) is 34.9. The van der Waals surface area contributed by atoms with Gasteiger partial charge < -0.3 is 19.8 Å². The van der Waals surface area contributed by atoms with E-state index in [-0.39, 0.29) is 17.1 Å². The van der Waals surface area contributed by atoms with Crippen molar-refractivity contribution in [3.05, 3.63) is 157 Å². The molecule has 5 aromatic carbocycles. The number of aromatic nitrogens is 4. The Morgan fingerprint density at radius 3 is 1.53 bits per heavy atom. The van der Waals surface area contributed by atoms with Gasteiger partial charge in [0.1, 0.15) is 5.82 Å². The number of fused-ring (bicyclic) bond motifs is 7. The maximum Gasteiger partial charge on any atom is 2.00 e. The molecular weight excluding hydrogens is 748 g/mol. The zero-order chi connectivity index (χ0) is 39.1. The molecule has 0 spiro atoms. The fourth-order valence-electron chi connectivity index (χ4n) is 8.09. The van der Waals surface area contributed by atoms with Crippen LogP contribution in [0.15, 0.2) is 128 Å². The van der Waals surface area contributed by atoms with Crippen LogP contribution in [0.1, 0.15) is 101 Å². The van der Waals surface area contributed by atoms with E-state index in [2.05, 4.69) is 156 Å². The molecule has 3 aromatic heterocycles. The number of anilines is 4. The summed E-state index contributed by atoms with van der Waals surface area (Å²) in [4.78, 5) is 23.6. The molecule has 1 radical (unpaired) electrons. The third-order valence-corrected chi connectivity index (χ3v) is 10.9. The van der Waals surface area contributed by atoms with Crippen LogP contribution in [-0.2, 0) is 17.1 Å². The van der Waals surface area contributed by atoms with Gasteiger partial charge in [0.2, 0.25) is 0 Å². The summed E-state index contributed by atoms with van der Waals surface area (Å²) in [5.41, 5.74) is 11.9. The van der Waals surface area contributed by atoms with Crippen molar-refractivity contribution in [1.82, 2.24) is 19.9 Å². The Morgan fingerprint density at radius 2 is 0.982 bits per heavy atom. The van der Waals surface area contributed by atoms with Crippen LogP contribution in [0, 0.1) is 6.67 Å². The van der Waals surface area contributed by atoms with Crippen molar-refractivity contribution < 1.29 is 17.1 Å². The molecule has 0 bridgehead atoms. The molecule has 0 aliphatic carbocycles. The predicted molar refractivity (Wildman–Crippen MR) is 235 cm³/mol. The molecule has 57 heavy (non-hydrogen) atoms. The van der Waals surface area contributed by atoms with Crippen molar-refractivity contribution >= 4 is 55.5 Å². The molecule has 1 aliphatic heterocycles. The van der Waals surface area contributed by atoms with Gasteiger partial charge in [-0.1, -0.05) is 146 Å². The topological polar surface area (TPSA) is 59.3 Å². The summed E-state index contributed by atoms with van der Waals surface area (Å²) in [5, 5.41) is 4.69. The van der Waals surface area contributed by atoms with Gasteiger partial charge in [0.05, 0.1) is 11.4 Å². The van der Waals surface area contributed by atoms with E-state index in [1.165, 1.54) is 44.4 Å². The smallest absolute Gasteiger partial charge is 0.471 e. The number of para-hydroxylation sites is 2. The van der Waals surface area contributed by atoms with E-state index < -0.39 is 0 Å². The summed E-state index contributed by atoms with van der Waals surface area (Å²) < 4.78 is 0.